The maximum absolute atomic E-state index is 8.47. The van der Waals surface area contributed by atoms with Gasteiger partial charge in [0, 0.05) is 13.5 Å². The van der Waals surface area contributed by atoms with E-state index >= 15 is 0 Å². The Balaban J connectivity index is 2.63. The molecule has 1 atom stereocenters. The number of benzene rings is 1. The van der Waals surface area contributed by atoms with Crippen molar-refractivity contribution < 1.29 is 4.43 Å². The zero-order chi connectivity index (χ0) is 9.52. The average molecular weight is 191 g/mol. The lowest BCUT2D eigenvalue weighted by Gasteiger charge is -2.11. The molecule has 0 aromatic heterocycles. The van der Waals surface area contributed by atoms with Crippen molar-refractivity contribution in [1.82, 2.24) is 0 Å². The summed E-state index contributed by atoms with van der Waals surface area (Å²) >= 11 is 0. The Labute approximate surface area is 80.5 Å². The van der Waals surface area contributed by atoms with E-state index in [2.05, 4.69) is 18.2 Å². The molecule has 0 fully saturated rings. The first-order chi connectivity index (χ1) is 6.38. The molecule has 0 amide bonds. The third-order valence-corrected chi connectivity index (χ3v) is 4.48. The van der Waals surface area contributed by atoms with Crippen LogP contribution >= 0.6 is 0 Å². The normalized spacial score (nSPS) is 12.0. The number of nitriles is 1. The highest BCUT2D eigenvalue weighted by molar-refractivity contribution is 6.67. The predicted octanol–water partition coefficient (Wildman–Crippen LogP) is 1.18. The van der Waals surface area contributed by atoms with Crippen LogP contribution in [0.3, 0.4) is 0 Å². The fraction of sp³-hybridized carbons (Fsp3) is 0.300. The molecule has 1 unspecified atom stereocenters. The van der Waals surface area contributed by atoms with Gasteiger partial charge in [0.2, 0.25) is 9.04 Å². The van der Waals surface area contributed by atoms with Gasteiger partial charge in [-0.25, -0.2) is 0 Å². The first-order valence-electron chi connectivity index (χ1n) is 4.33. The van der Waals surface area contributed by atoms with Crippen LogP contribution in [0, 0.1) is 11.3 Å². The van der Waals surface area contributed by atoms with Gasteiger partial charge in [0.05, 0.1) is 6.07 Å². The van der Waals surface area contributed by atoms with Crippen molar-refractivity contribution in [2.75, 3.05) is 7.11 Å². The minimum Gasteiger partial charge on any atom is -0.418 e. The maximum atomic E-state index is 8.47. The molecule has 0 aliphatic carbocycles. The van der Waals surface area contributed by atoms with Crippen molar-refractivity contribution in [1.29, 1.82) is 5.26 Å². The van der Waals surface area contributed by atoms with Gasteiger partial charge in [0.1, 0.15) is 0 Å². The molecule has 0 heterocycles. The van der Waals surface area contributed by atoms with Crippen LogP contribution in [0.5, 0.6) is 0 Å². The van der Waals surface area contributed by atoms with Gasteiger partial charge in [0.25, 0.3) is 0 Å². The second-order valence-electron chi connectivity index (χ2n) is 2.83. The minimum atomic E-state index is -1.31. The summed E-state index contributed by atoms with van der Waals surface area (Å²) < 4.78 is 5.43. The molecule has 0 saturated heterocycles. The van der Waals surface area contributed by atoms with E-state index in [-0.39, 0.29) is 0 Å². The lowest BCUT2D eigenvalue weighted by atomic mass is 10.4. The topological polar surface area (TPSA) is 33.0 Å². The van der Waals surface area contributed by atoms with Crippen LogP contribution in [0.1, 0.15) is 6.42 Å². The highest BCUT2D eigenvalue weighted by Crippen LogP contribution is 1.98. The molecule has 0 N–H and O–H groups in total. The van der Waals surface area contributed by atoms with Crippen LogP contribution < -0.4 is 5.19 Å². The van der Waals surface area contributed by atoms with E-state index in [1.165, 1.54) is 5.19 Å². The Morgan fingerprint density at radius 1 is 1.38 bits per heavy atom. The lowest BCUT2D eigenvalue weighted by molar-refractivity contribution is 0.429. The van der Waals surface area contributed by atoms with Gasteiger partial charge in [-0.15, -0.1) is 0 Å². The van der Waals surface area contributed by atoms with Crippen molar-refractivity contribution in [3.05, 3.63) is 30.3 Å². The summed E-state index contributed by atoms with van der Waals surface area (Å²) in [6.07, 6.45) is 0.597. The van der Waals surface area contributed by atoms with E-state index in [0.29, 0.717) is 6.42 Å². The van der Waals surface area contributed by atoms with Crippen molar-refractivity contribution in [3.63, 3.8) is 0 Å². The highest BCUT2D eigenvalue weighted by Gasteiger charge is 2.11. The smallest absolute Gasteiger partial charge is 0.208 e. The zero-order valence-corrected chi connectivity index (χ0v) is 8.89. The third-order valence-electron chi connectivity index (χ3n) is 1.97. The van der Waals surface area contributed by atoms with Gasteiger partial charge in [-0.05, 0) is 11.2 Å². The van der Waals surface area contributed by atoms with Crippen molar-refractivity contribution in [3.8, 4) is 6.07 Å². The quantitative estimate of drug-likeness (QED) is 0.669. The van der Waals surface area contributed by atoms with Gasteiger partial charge < -0.3 is 4.43 Å². The summed E-state index contributed by atoms with van der Waals surface area (Å²) in [4.78, 5) is 0. The van der Waals surface area contributed by atoms with Crippen LogP contribution in [0.4, 0.5) is 0 Å². The molecule has 1 aromatic carbocycles. The first-order valence-corrected chi connectivity index (χ1v) is 6.19. The van der Waals surface area contributed by atoms with Crippen molar-refractivity contribution >= 4 is 14.2 Å². The predicted molar refractivity (Wildman–Crippen MR) is 55.3 cm³/mol. The Hall–Kier alpha value is -1.11. The van der Waals surface area contributed by atoms with Crippen molar-refractivity contribution in [2.24, 2.45) is 0 Å². The number of rotatable bonds is 4. The molecule has 68 valence electrons. The van der Waals surface area contributed by atoms with Crippen LogP contribution in [0.15, 0.2) is 30.3 Å². The molecule has 2 nitrogen and oxygen atoms in total. The molecule has 3 heteroatoms. The van der Waals surface area contributed by atoms with Gasteiger partial charge in [0.15, 0.2) is 0 Å². The molecule has 0 aliphatic rings. The van der Waals surface area contributed by atoms with Gasteiger partial charge in [-0.1, -0.05) is 30.3 Å². The molecular formula is C10H13NOSi. The van der Waals surface area contributed by atoms with Gasteiger partial charge >= 0.3 is 0 Å². The molecule has 13 heavy (non-hydrogen) atoms. The Bertz CT molecular complexity index is 281. The summed E-state index contributed by atoms with van der Waals surface area (Å²) in [6, 6.07) is 13.2. The summed E-state index contributed by atoms with van der Waals surface area (Å²) in [5.74, 6) is 0. The lowest BCUT2D eigenvalue weighted by Crippen LogP contribution is -2.31. The van der Waals surface area contributed by atoms with Crippen LogP contribution in [0.2, 0.25) is 6.04 Å². The van der Waals surface area contributed by atoms with E-state index in [1.807, 2.05) is 18.2 Å². The fourth-order valence-corrected chi connectivity index (χ4v) is 3.17. The summed E-state index contributed by atoms with van der Waals surface area (Å²) in [5.41, 5.74) is 0. The molecule has 0 radical (unpaired) electrons. The molecule has 1 rings (SSSR count). The summed E-state index contributed by atoms with van der Waals surface area (Å²) in [7, 11) is 0.426. The van der Waals surface area contributed by atoms with E-state index in [4.69, 9.17) is 9.69 Å². The summed E-state index contributed by atoms with van der Waals surface area (Å²) in [6.45, 7) is 0. The molecule has 1 aromatic rings. The standard InChI is InChI=1S/C10H13NOSi/c1-12-13(9-5-8-11)10-6-3-2-4-7-10/h2-4,6-7,13H,5,9H2,1H3. The Morgan fingerprint density at radius 2 is 2.08 bits per heavy atom. The molecule has 0 spiro atoms. The van der Waals surface area contributed by atoms with Crippen LogP contribution in [-0.2, 0) is 4.43 Å². The highest BCUT2D eigenvalue weighted by atomic mass is 28.3. The van der Waals surface area contributed by atoms with E-state index in [1.54, 1.807) is 7.11 Å². The number of nitrogens with zero attached hydrogens (tertiary/aromatic N) is 1. The SMILES string of the molecule is CO[SiH](CCC#N)c1ccccc1. The first kappa shape index (κ1) is 9.97. The number of hydrogen-bond donors (Lipinski definition) is 0. The molecule has 0 aliphatic heterocycles. The second kappa shape index (κ2) is 5.52. The van der Waals surface area contributed by atoms with Crippen molar-refractivity contribution in [2.45, 2.75) is 12.5 Å². The largest absolute Gasteiger partial charge is 0.418 e. The second-order valence-corrected chi connectivity index (χ2v) is 5.52. The molecule has 0 bridgehead atoms. The fourth-order valence-electron chi connectivity index (χ4n) is 1.28. The van der Waals surface area contributed by atoms with E-state index in [0.717, 1.165) is 6.04 Å². The van der Waals surface area contributed by atoms with Gasteiger partial charge in [-0.2, -0.15) is 5.26 Å². The third kappa shape index (κ3) is 3.02. The zero-order valence-electron chi connectivity index (χ0n) is 7.73. The minimum absolute atomic E-state index is 0.597. The molecular weight excluding hydrogens is 178 g/mol. The van der Waals surface area contributed by atoms with Crippen LogP contribution in [0.25, 0.3) is 0 Å². The molecule has 0 saturated carbocycles. The Kier molecular flexibility index (Phi) is 4.23. The monoisotopic (exact) mass is 191 g/mol. The van der Waals surface area contributed by atoms with Crippen LogP contribution in [-0.4, -0.2) is 16.2 Å². The van der Waals surface area contributed by atoms with E-state index in [9.17, 15) is 0 Å². The average Bonchev–Trinajstić information content (AvgIpc) is 2.21. The van der Waals surface area contributed by atoms with Gasteiger partial charge in [-0.3, -0.25) is 0 Å². The maximum Gasteiger partial charge on any atom is 0.208 e. The number of hydrogen-bond acceptors (Lipinski definition) is 2. The summed E-state index contributed by atoms with van der Waals surface area (Å²) in [5, 5.41) is 9.75. The van der Waals surface area contributed by atoms with E-state index < -0.39 is 9.04 Å². The Morgan fingerprint density at radius 3 is 2.62 bits per heavy atom.